The van der Waals surface area contributed by atoms with E-state index in [0.29, 0.717) is 29.0 Å². The van der Waals surface area contributed by atoms with Gasteiger partial charge < -0.3 is 14.6 Å². The monoisotopic (exact) mass is 326 g/mol. The van der Waals surface area contributed by atoms with Crippen LogP contribution in [0.3, 0.4) is 0 Å². The van der Waals surface area contributed by atoms with Gasteiger partial charge in [-0.1, -0.05) is 0 Å². The van der Waals surface area contributed by atoms with Crippen molar-refractivity contribution in [3.8, 4) is 11.5 Å². The summed E-state index contributed by atoms with van der Waals surface area (Å²) in [5.74, 6) is -0.584. The van der Waals surface area contributed by atoms with Crippen molar-refractivity contribution in [2.45, 2.75) is 31.6 Å². The van der Waals surface area contributed by atoms with Crippen LogP contribution in [0.25, 0.3) is 0 Å². The van der Waals surface area contributed by atoms with E-state index in [-0.39, 0.29) is 24.0 Å². The first-order valence-corrected chi connectivity index (χ1v) is 7.46. The lowest BCUT2D eigenvalue weighted by molar-refractivity contribution is -0.146. The Morgan fingerprint density at radius 1 is 1.36 bits per heavy atom. The lowest BCUT2D eigenvalue weighted by Crippen LogP contribution is -2.37. The van der Waals surface area contributed by atoms with Crippen LogP contribution in [0.15, 0.2) is 12.1 Å². The van der Waals surface area contributed by atoms with Crippen LogP contribution < -0.4 is 9.47 Å². The van der Waals surface area contributed by atoms with Gasteiger partial charge in [0.1, 0.15) is 5.41 Å². The van der Waals surface area contributed by atoms with Crippen molar-refractivity contribution in [2.24, 2.45) is 5.41 Å². The Labute approximate surface area is 134 Å². The smallest absolute Gasteiger partial charge is 0.317 e. The quantitative estimate of drug-likeness (QED) is 0.642. The summed E-state index contributed by atoms with van der Waals surface area (Å²) < 4.78 is 10.4. The summed E-state index contributed by atoms with van der Waals surface area (Å²) in [7, 11) is 2.98. The predicted molar refractivity (Wildman–Crippen MR) is 82.2 cm³/mol. The Morgan fingerprint density at radius 2 is 1.95 bits per heavy atom. The standard InChI is InChI=1S/C16H19ClO5/c1-9(17)4-5-16(15(19)20)8-10-6-12(21-2)13(22-3)7-11(10)14(16)18/h6-7,9H,4-5,8H2,1-3H3,(H,19,20). The molecule has 0 amide bonds. The summed E-state index contributed by atoms with van der Waals surface area (Å²) in [4.78, 5) is 24.5. The van der Waals surface area contributed by atoms with Crippen molar-refractivity contribution in [3.63, 3.8) is 0 Å². The van der Waals surface area contributed by atoms with Crippen LogP contribution >= 0.6 is 11.6 Å². The lowest BCUT2D eigenvalue weighted by atomic mass is 9.79. The van der Waals surface area contributed by atoms with Crippen LogP contribution in [0.2, 0.25) is 0 Å². The Balaban J connectivity index is 2.46. The summed E-state index contributed by atoms with van der Waals surface area (Å²) in [5, 5.41) is 9.46. The SMILES string of the molecule is COc1cc2c(cc1OC)C(=O)C(CCC(C)Cl)(C(=O)O)C2. The summed E-state index contributed by atoms with van der Waals surface area (Å²) >= 11 is 5.93. The van der Waals surface area contributed by atoms with Gasteiger partial charge in [0.25, 0.3) is 0 Å². The number of hydrogen-bond acceptors (Lipinski definition) is 4. The second-order valence-electron chi connectivity index (χ2n) is 5.58. The number of benzene rings is 1. The number of carboxylic acid groups (broad SMARTS) is 1. The number of Topliss-reactive ketones (excluding diaryl/α,β-unsaturated/α-hetero) is 1. The Kier molecular flexibility index (Phi) is 4.66. The number of aliphatic carboxylic acids is 1. The van der Waals surface area contributed by atoms with Crippen LogP contribution in [0.5, 0.6) is 11.5 Å². The van der Waals surface area contributed by atoms with E-state index in [0.717, 1.165) is 0 Å². The van der Waals surface area contributed by atoms with Gasteiger partial charge in [-0.05, 0) is 43.9 Å². The van der Waals surface area contributed by atoms with Crippen LogP contribution in [-0.2, 0) is 11.2 Å². The molecule has 2 rings (SSSR count). The van der Waals surface area contributed by atoms with Gasteiger partial charge in [-0.2, -0.15) is 0 Å². The third-order valence-electron chi connectivity index (χ3n) is 4.16. The molecule has 2 atom stereocenters. The Bertz CT molecular complexity index is 611. The van der Waals surface area contributed by atoms with Crippen LogP contribution in [0.4, 0.5) is 0 Å². The molecular formula is C16H19ClO5. The maximum Gasteiger partial charge on any atom is 0.317 e. The molecule has 120 valence electrons. The van der Waals surface area contributed by atoms with Gasteiger partial charge in [-0.3, -0.25) is 9.59 Å². The minimum atomic E-state index is -1.44. The zero-order valence-corrected chi connectivity index (χ0v) is 13.6. The molecule has 0 spiro atoms. The van der Waals surface area contributed by atoms with Gasteiger partial charge in [0, 0.05) is 10.9 Å². The van der Waals surface area contributed by atoms with Crippen molar-refractivity contribution < 1.29 is 24.2 Å². The normalized spacial score (nSPS) is 21.4. The van der Waals surface area contributed by atoms with Crippen molar-refractivity contribution in [3.05, 3.63) is 23.3 Å². The van der Waals surface area contributed by atoms with Gasteiger partial charge in [0.15, 0.2) is 17.3 Å². The first-order valence-electron chi connectivity index (χ1n) is 7.03. The van der Waals surface area contributed by atoms with E-state index in [9.17, 15) is 14.7 Å². The maximum absolute atomic E-state index is 12.7. The molecule has 22 heavy (non-hydrogen) atoms. The molecule has 1 aromatic rings. The molecule has 1 aliphatic rings. The number of carboxylic acids is 1. The molecule has 0 aliphatic heterocycles. The second-order valence-corrected chi connectivity index (χ2v) is 6.32. The number of carbonyl (C=O) groups excluding carboxylic acids is 1. The summed E-state index contributed by atoms with van der Waals surface area (Å²) in [6.45, 7) is 1.79. The minimum absolute atomic E-state index is 0.153. The maximum atomic E-state index is 12.7. The van der Waals surface area contributed by atoms with E-state index in [1.165, 1.54) is 14.2 Å². The molecule has 6 heteroatoms. The summed E-state index contributed by atoms with van der Waals surface area (Å²) in [6.07, 6.45) is 0.827. The highest BCUT2D eigenvalue weighted by Gasteiger charge is 2.51. The van der Waals surface area contributed by atoms with Crippen LogP contribution in [0, 0.1) is 5.41 Å². The number of methoxy groups -OCH3 is 2. The third kappa shape index (κ3) is 2.65. The molecule has 0 fully saturated rings. The first-order chi connectivity index (χ1) is 10.4. The number of carbonyl (C=O) groups is 2. The highest BCUT2D eigenvalue weighted by molar-refractivity contribution is 6.20. The number of hydrogen-bond donors (Lipinski definition) is 1. The largest absolute Gasteiger partial charge is 0.493 e. The fourth-order valence-electron chi connectivity index (χ4n) is 2.87. The van der Waals surface area contributed by atoms with Gasteiger partial charge in [0.2, 0.25) is 0 Å². The summed E-state index contributed by atoms with van der Waals surface area (Å²) in [5.41, 5.74) is -0.377. The van der Waals surface area contributed by atoms with E-state index in [2.05, 4.69) is 0 Å². The molecule has 1 aromatic carbocycles. The molecule has 0 bridgehead atoms. The van der Waals surface area contributed by atoms with Gasteiger partial charge in [0.05, 0.1) is 14.2 Å². The van der Waals surface area contributed by atoms with Crippen molar-refractivity contribution in [2.75, 3.05) is 14.2 Å². The molecule has 0 aromatic heterocycles. The minimum Gasteiger partial charge on any atom is -0.493 e. The van der Waals surface area contributed by atoms with Gasteiger partial charge >= 0.3 is 5.97 Å². The highest BCUT2D eigenvalue weighted by Crippen LogP contribution is 2.45. The number of ketones is 1. The third-order valence-corrected chi connectivity index (χ3v) is 4.38. The Hall–Kier alpha value is -1.75. The van der Waals surface area contributed by atoms with Crippen LogP contribution in [-0.4, -0.2) is 36.5 Å². The molecule has 5 nitrogen and oxygen atoms in total. The summed E-state index contributed by atoms with van der Waals surface area (Å²) in [6, 6.07) is 3.24. The molecule has 1 N–H and O–H groups in total. The zero-order chi connectivity index (χ0) is 16.5. The fourth-order valence-corrected chi connectivity index (χ4v) is 2.98. The van der Waals surface area contributed by atoms with Crippen molar-refractivity contribution >= 4 is 23.4 Å². The van der Waals surface area contributed by atoms with Crippen molar-refractivity contribution in [1.29, 1.82) is 0 Å². The molecule has 0 saturated carbocycles. The van der Waals surface area contributed by atoms with Crippen molar-refractivity contribution in [1.82, 2.24) is 0 Å². The number of rotatable bonds is 6. The zero-order valence-electron chi connectivity index (χ0n) is 12.8. The lowest BCUT2D eigenvalue weighted by Gasteiger charge is -2.22. The fraction of sp³-hybridized carbons (Fsp3) is 0.500. The van der Waals surface area contributed by atoms with E-state index >= 15 is 0 Å². The van der Waals surface area contributed by atoms with Crippen LogP contribution in [0.1, 0.15) is 35.7 Å². The first kappa shape index (κ1) is 16.6. The average Bonchev–Trinajstić information content (AvgIpc) is 2.77. The topological polar surface area (TPSA) is 72.8 Å². The number of halogens is 1. The molecule has 2 unspecified atom stereocenters. The van der Waals surface area contributed by atoms with E-state index in [1.807, 2.05) is 0 Å². The molecular weight excluding hydrogens is 308 g/mol. The molecule has 0 radical (unpaired) electrons. The number of ether oxygens (including phenoxy) is 2. The highest BCUT2D eigenvalue weighted by atomic mass is 35.5. The number of fused-ring (bicyclic) bond motifs is 1. The second kappa shape index (κ2) is 6.16. The van der Waals surface area contributed by atoms with E-state index in [1.54, 1.807) is 19.1 Å². The predicted octanol–water partition coefficient (Wildman–Crippen LogP) is 2.92. The molecule has 0 saturated heterocycles. The van der Waals surface area contributed by atoms with Gasteiger partial charge in [-0.15, -0.1) is 11.6 Å². The van der Waals surface area contributed by atoms with Gasteiger partial charge in [-0.25, -0.2) is 0 Å². The van der Waals surface area contributed by atoms with E-state index in [4.69, 9.17) is 21.1 Å². The van der Waals surface area contributed by atoms with E-state index < -0.39 is 11.4 Å². The molecule has 1 aliphatic carbocycles. The molecule has 0 heterocycles. The average molecular weight is 327 g/mol. The Morgan fingerprint density at radius 3 is 2.45 bits per heavy atom. The number of alkyl halides is 1.